The lowest BCUT2D eigenvalue weighted by Gasteiger charge is -2.27. The zero-order valence-corrected chi connectivity index (χ0v) is 18.7. The fourth-order valence-electron chi connectivity index (χ4n) is 3.28. The van der Waals surface area contributed by atoms with Crippen molar-refractivity contribution in [2.75, 3.05) is 0 Å². The fraction of sp³-hybridized carbons (Fsp3) is 0.0435. The molecule has 0 saturated heterocycles. The van der Waals surface area contributed by atoms with Crippen molar-refractivity contribution < 1.29 is 9.84 Å². The van der Waals surface area contributed by atoms with Crippen LogP contribution in [0.4, 0.5) is 5.69 Å². The van der Waals surface area contributed by atoms with Crippen LogP contribution in [0.2, 0.25) is 0 Å². The van der Waals surface area contributed by atoms with E-state index in [9.17, 15) is 10.4 Å². The van der Waals surface area contributed by atoms with E-state index in [0.717, 1.165) is 25.8 Å². The summed E-state index contributed by atoms with van der Waals surface area (Å²) in [5.41, 5.74) is 9.22. The summed E-state index contributed by atoms with van der Waals surface area (Å²) in [6.45, 7) is 0. The Kier molecular flexibility index (Phi) is 5.62. The van der Waals surface area contributed by atoms with Gasteiger partial charge in [-0.05, 0) is 48.0 Å². The Morgan fingerprint density at radius 2 is 1.67 bits per heavy atom. The fourth-order valence-corrected chi connectivity index (χ4v) is 3.81. The molecule has 1 aliphatic rings. The maximum absolute atomic E-state index is 10.5. The number of hydrogen-bond donors (Lipinski definition) is 2. The number of fused-ring (bicyclic) bond motifs is 1. The number of aliphatic imine (C=N–C) groups is 1. The maximum Gasteiger partial charge on any atom is 0.205 e. The van der Waals surface area contributed by atoms with Crippen LogP contribution in [0, 0.1) is 11.3 Å². The molecule has 5 nitrogen and oxygen atoms in total. The van der Waals surface area contributed by atoms with Crippen LogP contribution >= 0.6 is 31.9 Å². The van der Waals surface area contributed by atoms with Crippen molar-refractivity contribution in [2.45, 2.75) is 5.92 Å². The molecule has 30 heavy (non-hydrogen) atoms. The monoisotopic (exact) mass is 523 g/mol. The molecule has 7 heteroatoms. The molecule has 3 aromatic rings. The summed E-state index contributed by atoms with van der Waals surface area (Å²) >= 11 is 6.83. The number of nitrogens with two attached hydrogens (primary N) is 1. The van der Waals surface area contributed by atoms with E-state index in [4.69, 9.17) is 10.5 Å². The van der Waals surface area contributed by atoms with Crippen LogP contribution in [0.3, 0.4) is 0 Å². The molecule has 1 unspecified atom stereocenters. The molecule has 148 valence electrons. The number of nitrogens with zero attached hydrogens (tertiary/aromatic N) is 2. The van der Waals surface area contributed by atoms with E-state index < -0.39 is 5.92 Å². The van der Waals surface area contributed by atoms with Crippen LogP contribution in [0.25, 0.3) is 0 Å². The van der Waals surface area contributed by atoms with Gasteiger partial charge >= 0.3 is 0 Å². The van der Waals surface area contributed by atoms with Gasteiger partial charge < -0.3 is 15.6 Å². The molecular weight excluding hydrogens is 510 g/mol. The van der Waals surface area contributed by atoms with Gasteiger partial charge in [-0.1, -0.05) is 44.0 Å². The van der Waals surface area contributed by atoms with E-state index in [-0.39, 0.29) is 11.6 Å². The van der Waals surface area contributed by atoms with E-state index >= 15 is 0 Å². The van der Waals surface area contributed by atoms with Crippen molar-refractivity contribution in [1.82, 2.24) is 0 Å². The molecule has 3 N–H and O–H groups in total. The van der Waals surface area contributed by atoms with Crippen LogP contribution < -0.4 is 10.5 Å². The first-order valence-electron chi connectivity index (χ1n) is 8.96. The number of phenols is 1. The summed E-state index contributed by atoms with van der Waals surface area (Å²) in [6.07, 6.45) is 1.59. The average molecular weight is 525 g/mol. The summed E-state index contributed by atoms with van der Waals surface area (Å²) in [4.78, 5) is 4.44. The lowest BCUT2D eigenvalue weighted by Crippen LogP contribution is -2.21. The second-order valence-electron chi connectivity index (χ2n) is 6.66. The Labute approximate surface area is 190 Å². The lowest BCUT2D eigenvalue weighted by atomic mass is 9.83. The van der Waals surface area contributed by atoms with E-state index in [0.29, 0.717) is 16.9 Å². The Bertz CT molecular complexity index is 1210. The summed E-state index contributed by atoms with van der Waals surface area (Å²) in [7, 11) is 0. The third-order valence-corrected chi connectivity index (χ3v) is 5.80. The second kappa shape index (κ2) is 8.34. The van der Waals surface area contributed by atoms with Gasteiger partial charge in [-0.25, -0.2) is 0 Å². The average Bonchev–Trinajstić information content (AvgIpc) is 2.73. The first-order chi connectivity index (χ1) is 14.5. The second-order valence-corrected chi connectivity index (χ2v) is 8.49. The number of nitriles is 1. The maximum atomic E-state index is 10.5. The largest absolute Gasteiger partial charge is 0.507 e. The first-order valence-corrected chi connectivity index (χ1v) is 10.5. The zero-order chi connectivity index (χ0) is 21.3. The Morgan fingerprint density at radius 3 is 2.30 bits per heavy atom. The van der Waals surface area contributed by atoms with Crippen LogP contribution in [0.5, 0.6) is 11.5 Å². The number of ether oxygens (including phenoxy) is 1. The van der Waals surface area contributed by atoms with Gasteiger partial charge in [-0.15, -0.1) is 0 Å². The normalized spacial score (nSPS) is 15.6. The van der Waals surface area contributed by atoms with Crippen molar-refractivity contribution in [3.63, 3.8) is 0 Å². The molecule has 0 radical (unpaired) electrons. The molecule has 0 spiro atoms. The van der Waals surface area contributed by atoms with Gasteiger partial charge in [-0.2, -0.15) is 5.26 Å². The predicted octanol–water partition coefficient (Wildman–Crippen LogP) is 5.89. The van der Waals surface area contributed by atoms with Gasteiger partial charge in [0.15, 0.2) is 0 Å². The number of hydrogen-bond acceptors (Lipinski definition) is 5. The minimum Gasteiger partial charge on any atom is -0.507 e. The minimum absolute atomic E-state index is 0.0115. The highest BCUT2D eigenvalue weighted by Crippen LogP contribution is 2.44. The highest BCUT2D eigenvalue weighted by Gasteiger charge is 2.31. The molecule has 0 saturated carbocycles. The number of phenolic OH excluding ortho intramolecular Hbond substituents is 1. The Hall–Kier alpha value is -3.08. The Balaban J connectivity index is 1.81. The van der Waals surface area contributed by atoms with Gasteiger partial charge in [0, 0.05) is 32.4 Å². The Morgan fingerprint density at radius 1 is 1.03 bits per heavy atom. The third kappa shape index (κ3) is 3.97. The van der Waals surface area contributed by atoms with Gasteiger partial charge in [0.05, 0.1) is 11.6 Å². The van der Waals surface area contributed by atoms with Crippen LogP contribution in [-0.2, 0) is 0 Å². The van der Waals surface area contributed by atoms with Crippen LogP contribution in [0.15, 0.2) is 86.1 Å². The molecule has 0 aromatic heterocycles. The van der Waals surface area contributed by atoms with Gasteiger partial charge in [0.1, 0.15) is 23.1 Å². The highest BCUT2D eigenvalue weighted by atomic mass is 79.9. The predicted molar refractivity (Wildman–Crippen MR) is 123 cm³/mol. The molecule has 1 atom stereocenters. The smallest absolute Gasteiger partial charge is 0.205 e. The molecule has 1 heterocycles. The number of aromatic hydroxyl groups is 1. The minimum atomic E-state index is -0.410. The zero-order valence-electron chi connectivity index (χ0n) is 15.5. The van der Waals surface area contributed by atoms with Crippen LogP contribution in [0.1, 0.15) is 22.6 Å². The quantitative estimate of drug-likeness (QED) is 0.418. The molecule has 0 fully saturated rings. The SMILES string of the molecule is N#CC1=C(N)Oc2cc(O)c(C=Nc3ccc(Br)cc3)cc2C1c1ccc(Br)cc1. The van der Waals surface area contributed by atoms with Crippen molar-refractivity contribution in [1.29, 1.82) is 5.26 Å². The molecule has 0 amide bonds. The first kappa shape index (κ1) is 20.2. The van der Waals surface area contributed by atoms with E-state index in [1.54, 1.807) is 12.3 Å². The van der Waals surface area contributed by atoms with Crippen molar-refractivity contribution in [3.8, 4) is 17.6 Å². The van der Waals surface area contributed by atoms with Crippen molar-refractivity contribution >= 4 is 43.8 Å². The summed E-state index contributed by atoms with van der Waals surface area (Å²) in [5.74, 6) is 0.0518. The van der Waals surface area contributed by atoms with Gasteiger partial charge in [0.2, 0.25) is 5.88 Å². The third-order valence-electron chi connectivity index (χ3n) is 4.75. The van der Waals surface area contributed by atoms with Crippen molar-refractivity contribution in [2.24, 2.45) is 10.7 Å². The van der Waals surface area contributed by atoms with Crippen molar-refractivity contribution in [3.05, 3.63) is 97.8 Å². The highest BCUT2D eigenvalue weighted by molar-refractivity contribution is 9.10. The standard InChI is InChI=1S/C23H15Br2N3O2/c24-15-3-1-13(2-4-15)22-18-9-14(12-28-17-7-5-16(25)6-8-17)20(29)10-21(18)30-23(27)19(22)11-26/h1-10,12,22,29H,27H2. The van der Waals surface area contributed by atoms with Crippen LogP contribution in [-0.4, -0.2) is 11.3 Å². The molecule has 3 aromatic carbocycles. The summed E-state index contributed by atoms with van der Waals surface area (Å²) in [6, 6.07) is 20.6. The molecule has 1 aliphatic heterocycles. The lowest BCUT2D eigenvalue weighted by molar-refractivity contribution is 0.388. The summed E-state index contributed by atoms with van der Waals surface area (Å²) in [5, 5.41) is 20.2. The van der Waals surface area contributed by atoms with Gasteiger partial charge in [-0.3, -0.25) is 4.99 Å². The number of allylic oxidation sites excluding steroid dienone is 1. The topological polar surface area (TPSA) is 91.6 Å². The summed E-state index contributed by atoms with van der Waals surface area (Å²) < 4.78 is 7.53. The van der Waals surface area contributed by atoms with E-state index in [1.807, 2.05) is 48.5 Å². The molecular formula is C23H15Br2N3O2. The molecule has 0 bridgehead atoms. The molecule has 4 rings (SSSR count). The van der Waals surface area contributed by atoms with E-state index in [1.165, 1.54) is 6.07 Å². The van der Waals surface area contributed by atoms with E-state index in [2.05, 4.69) is 42.9 Å². The van der Waals surface area contributed by atoms with Gasteiger partial charge in [0.25, 0.3) is 0 Å². The number of halogens is 2. The number of rotatable bonds is 3. The number of benzene rings is 3. The molecule has 0 aliphatic carbocycles.